The minimum atomic E-state index is -0.0496. The first-order chi connectivity index (χ1) is 10.1. The Morgan fingerprint density at radius 2 is 2.33 bits per heavy atom. The molecule has 6 heteroatoms. The Bertz CT molecular complexity index is 678. The molecule has 0 aromatic carbocycles. The second kappa shape index (κ2) is 5.44. The molecule has 3 rings (SSSR count). The summed E-state index contributed by atoms with van der Waals surface area (Å²) in [5.74, 6) is 0.394. The molecule has 2 unspecified atom stereocenters. The fraction of sp³-hybridized carbons (Fsp3) is 0.533. The minimum Gasteiger partial charge on any atom is -0.349 e. The van der Waals surface area contributed by atoms with Gasteiger partial charge < -0.3 is 10.6 Å². The van der Waals surface area contributed by atoms with Crippen LogP contribution in [0.2, 0.25) is 0 Å². The second-order valence-electron chi connectivity index (χ2n) is 5.85. The van der Waals surface area contributed by atoms with Gasteiger partial charge in [-0.2, -0.15) is 5.10 Å². The lowest BCUT2D eigenvalue weighted by atomic mass is 9.95. The fourth-order valence-electron chi connectivity index (χ4n) is 2.91. The topological polar surface area (TPSA) is 71.8 Å². The number of carbonyl (C=O) groups excluding carboxylic acids is 1. The van der Waals surface area contributed by atoms with Gasteiger partial charge in [-0.3, -0.25) is 9.48 Å². The fourth-order valence-corrected chi connectivity index (χ4v) is 2.91. The van der Waals surface area contributed by atoms with E-state index in [4.69, 9.17) is 0 Å². The molecule has 0 aliphatic carbocycles. The molecule has 21 heavy (non-hydrogen) atoms. The molecule has 2 atom stereocenters. The maximum absolute atomic E-state index is 12.4. The van der Waals surface area contributed by atoms with E-state index < -0.39 is 0 Å². The Kier molecular flexibility index (Phi) is 3.63. The molecule has 6 nitrogen and oxygen atoms in total. The van der Waals surface area contributed by atoms with Crippen molar-refractivity contribution >= 4 is 16.9 Å². The summed E-state index contributed by atoms with van der Waals surface area (Å²) in [5, 5.41) is 11.7. The summed E-state index contributed by atoms with van der Waals surface area (Å²) in [4.78, 5) is 16.8. The largest absolute Gasteiger partial charge is 0.349 e. The van der Waals surface area contributed by atoms with Crippen LogP contribution in [-0.2, 0) is 7.05 Å². The third-order valence-corrected chi connectivity index (χ3v) is 4.23. The predicted octanol–water partition coefficient (Wildman–Crippen LogP) is 1.00. The van der Waals surface area contributed by atoms with Crippen LogP contribution in [0.15, 0.2) is 12.3 Å². The van der Waals surface area contributed by atoms with Crippen LogP contribution in [0.4, 0.5) is 0 Å². The van der Waals surface area contributed by atoms with Gasteiger partial charge in [-0.1, -0.05) is 6.92 Å². The number of piperidine rings is 1. The van der Waals surface area contributed by atoms with Crippen LogP contribution in [0.25, 0.3) is 11.0 Å². The first kappa shape index (κ1) is 14.0. The number of rotatable bonds is 2. The van der Waals surface area contributed by atoms with E-state index in [9.17, 15) is 4.79 Å². The van der Waals surface area contributed by atoms with Crippen molar-refractivity contribution in [3.8, 4) is 0 Å². The molecular weight excluding hydrogens is 266 g/mol. The lowest BCUT2D eigenvalue weighted by Crippen LogP contribution is -2.48. The zero-order chi connectivity index (χ0) is 15.0. The standard InChI is InChI=1S/C15H21N5O/c1-9-7-16-5-4-13(9)18-15(21)11-6-12-10(2)19-20(3)14(12)17-8-11/h6,8-9,13,16H,4-5,7H2,1-3H3,(H,18,21). The van der Waals surface area contributed by atoms with E-state index in [0.29, 0.717) is 11.5 Å². The Labute approximate surface area is 123 Å². The van der Waals surface area contributed by atoms with Crippen LogP contribution in [0, 0.1) is 12.8 Å². The highest BCUT2D eigenvalue weighted by Crippen LogP contribution is 2.17. The predicted molar refractivity (Wildman–Crippen MR) is 81.2 cm³/mol. The molecule has 2 aromatic rings. The molecule has 0 saturated carbocycles. The lowest BCUT2D eigenvalue weighted by molar-refractivity contribution is 0.0914. The number of amides is 1. The molecule has 0 spiro atoms. The van der Waals surface area contributed by atoms with E-state index in [1.54, 1.807) is 10.9 Å². The molecule has 1 fully saturated rings. The third kappa shape index (κ3) is 2.63. The summed E-state index contributed by atoms with van der Waals surface area (Å²) in [6.45, 7) is 5.99. The van der Waals surface area contributed by atoms with Crippen molar-refractivity contribution in [1.82, 2.24) is 25.4 Å². The van der Waals surface area contributed by atoms with E-state index in [-0.39, 0.29) is 11.9 Å². The number of hydrogen-bond acceptors (Lipinski definition) is 4. The molecule has 112 valence electrons. The SMILES string of the molecule is Cc1nn(C)c2ncc(C(=O)NC3CCNCC3C)cc12. The molecule has 1 aliphatic heterocycles. The Morgan fingerprint density at radius 1 is 1.52 bits per heavy atom. The van der Waals surface area contributed by atoms with E-state index in [1.165, 1.54) is 0 Å². The van der Waals surface area contributed by atoms with Crippen molar-refractivity contribution in [3.05, 3.63) is 23.5 Å². The smallest absolute Gasteiger partial charge is 0.253 e. The summed E-state index contributed by atoms with van der Waals surface area (Å²) in [6, 6.07) is 2.11. The molecule has 1 aliphatic rings. The second-order valence-corrected chi connectivity index (χ2v) is 5.85. The van der Waals surface area contributed by atoms with Crippen LogP contribution < -0.4 is 10.6 Å². The summed E-state index contributed by atoms with van der Waals surface area (Å²) < 4.78 is 1.74. The number of fused-ring (bicyclic) bond motifs is 1. The summed E-state index contributed by atoms with van der Waals surface area (Å²) >= 11 is 0. The number of nitrogens with one attached hydrogen (secondary N) is 2. The average molecular weight is 287 g/mol. The zero-order valence-corrected chi connectivity index (χ0v) is 12.7. The van der Waals surface area contributed by atoms with Crippen LogP contribution in [0.5, 0.6) is 0 Å². The number of aryl methyl sites for hydroxylation is 2. The molecule has 0 bridgehead atoms. The molecule has 2 aromatic heterocycles. The van der Waals surface area contributed by atoms with Gasteiger partial charge in [0, 0.05) is 24.7 Å². The summed E-state index contributed by atoms with van der Waals surface area (Å²) in [5.41, 5.74) is 2.30. The molecule has 2 N–H and O–H groups in total. The molecular formula is C15H21N5O. The average Bonchev–Trinajstić information content (AvgIpc) is 2.76. The molecule has 1 saturated heterocycles. The van der Waals surface area contributed by atoms with Crippen molar-refractivity contribution in [2.45, 2.75) is 26.3 Å². The maximum atomic E-state index is 12.4. The number of hydrogen-bond donors (Lipinski definition) is 2. The molecule has 0 radical (unpaired) electrons. The lowest BCUT2D eigenvalue weighted by Gasteiger charge is -2.30. The number of carbonyl (C=O) groups is 1. The highest BCUT2D eigenvalue weighted by Gasteiger charge is 2.23. The van der Waals surface area contributed by atoms with Crippen LogP contribution in [0.3, 0.4) is 0 Å². The van der Waals surface area contributed by atoms with Gasteiger partial charge in [-0.25, -0.2) is 4.98 Å². The monoisotopic (exact) mass is 287 g/mol. The van der Waals surface area contributed by atoms with Crippen molar-refractivity contribution < 1.29 is 4.79 Å². The van der Waals surface area contributed by atoms with Gasteiger partial charge in [0.1, 0.15) is 0 Å². The van der Waals surface area contributed by atoms with Gasteiger partial charge in [-0.15, -0.1) is 0 Å². The minimum absolute atomic E-state index is 0.0496. The van der Waals surface area contributed by atoms with Gasteiger partial charge in [0.25, 0.3) is 5.91 Å². The highest BCUT2D eigenvalue weighted by molar-refractivity contribution is 5.97. The Hall–Kier alpha value is -1.95. The van der Waals surface area contributed by atoms with E-state index >= 15 is 0 Å². The highest BCUT2D eigenvalue weighted by atomic mass is 16.1. The van der Waals surface area contributed by atoms with Crippen molar-refractivity contribution in [3.63, 3.8) is 0 Å². The van der Waals surface area contributed by atoms with Gasteiger partial charge in [-0.05, 0) is 38.4 Å². The van der Waals surface area contributed by atoms with Crippen LogP contribution >= 0.6 is 0 Å². The van der Waals surface area contributed by atoms with Gasteiger partial charge >= 0.3 is 0 Å². The molecule has 3 heterocycles. The number of nitrogens with zero attached hydrogens (tertiary/aromatic N) is 3. The van der Waals surface area contributed by atoms with Gasteiger partial charge in [0.2, 0.25) is 0 Å². The zero-order valence-electron chi connectivity index (χ0n) is 12.7. The molecule has 1 amide bonds. The summed E-state index contributed by atoms with van der Waals surface area (Å²) in [6.07, 6.45) is 2.60. The van der Waals surface area contributed by atoms with Crippen molar-refractivity contribution in [2.24, 2.45) is 13.0 Å². The quantitative estimate of drug-likeness (QED) is 0.864. The van der Waals surface area contributed by atoms with Crippen molar-refractivity contribution in [1.29, 1.82) is 0 Å². The van der Waals surface area contributed by atoms with E-state index in [2.05, 4.69) is 27.6 Å². The number of aromatic nitrogens is 3. The maximum Gasteiger partial charge on any atom is 0.253 e. The van der Waals surface area contributed by atoms with E-state index in [0.717, 1.165) is 36.2 Å². The Morgan fingerprint density at radius 3 is 3.10 bits per heavy atom. The van der Waals surface area contributed by atoms with Crippen molar-refractivity contribution in [2.75, 3.05) is 13.1 Å². The van der Waals surface area contributed by atoms with Crippen LogP contribution in [0.1, 0.15) is 29.4 Å². The first-order valence-electron chi connectivity index (χ1n) is 7.37. The first-order valence-corrected chi connectivity index (χ1v) is 7.37. The summed E-state index contributed by atoms with van der Waals surface area (Å²) in [7, 11) is 1.86. The van der Waals surface area contributed by atoms with Gasteiger partial charge in [0.05, 0.1) is 11.3 Å². The van der Waals surface area contributed by atoms with E-state index in [1.807, 2.05) is 20.0 Å². The van der Waals surface area contributed by atoms with Crippen LogP contribution in [-0.4, -0.2) is 39.8 Å². The number of pyridine rings is 1. The van der Waals surface area contributed by atoms with Gasteiger partial charge in [0.15, 0.2) is 5.65 Å². The third-order valence-electron chi connectivity index (χ3n) is 4.23. The normalized spacial score (nSPS) is 22.4. The Balaban J connectivity index is 1.82.